The Balaban J connectivity index is 2.42. The Bertz CT molecular complexity index is 149. The molecular formula is C11H23NO. The molecule has 0 saturated carbocycles. The van der Waals surface area contributed by atoms with Gasteiger partial charge >= 0.3 is 0 Å². The Morgan fingerprint density at radius 1 is 1.38 bits per heavy atom. The number of rotatable bonds is 2. The third-order valence-corrected chi connectivity index (χ3v) is 2.70. The lowest BCUT2D eigenvalue weighted by Crippen LogP contribution is -2.51. The molecule has 0 amide bonds. The molecule has 0 N–H and O–H groups in total. The third kappa shape index (κ3) is 3.28. The van der Waals surface area contributed by atoms with Gasteiger partial charge in [0.05, 0.1) is 12.7 Å². The monoisotopic (exact) mass is 185 g/mol. The van der Waals surface area contributed by atoms with E-state index in [4.69, 9.17) is 4.74 Å². The Hall–Kier alpha value is -0.0800. The lowest BCUT2D eigenvalue weighted by Gasteiger charge is -2.41. The number of hydrogen-bond acceptors (Lipinski definition) is 2. The van der Waals surface area contributed by atoms with Crippen molar-refractivity contribution < 1.29 is 4.74 Å². The van der Waals surface area contributed by atoms with Crippen LogP contribution < -0.4 is 0 Å². The van der Waals surface area contributed by atoms with Crippen LogP contribution in [0.3, 0.4) is 0 Å². The Morgan fingerprint density at radius 2 is 2.08 bits per heavy atom. The number of morpholine rings is 1. The fourth-order valence-electron chi connectivity index (χ4n) is 1.83. The van der Waals surface area contributed by atoms with Gasteiger partial charge in [-0.1, -0.05) is 13.3 Å². The quantitative estimate of drug-likeness (QED) is 0.654. The van der Waals surface area contributed by atoms with Crippen molar-refractivity contribution in [3.05, 3.63) is 0 Å². The second-order valence-electron chi connectivity index (χ2n) is 4.90. The molecule has 0 radical (unpaired) electrons. The first-order valence-corrected chi connectivity index (χ1v) is 5.40. The molecule has 13 heavy (non-hydrogen) atoms. The maximum Gasteiger partial charge on any atom is 0.0702 e. The SMILES string of the molecule is CCC[C@H]1CN(C(C)(C)C)CCO1. The van der Waals surface area contributed by atoms with E-state index < -0.39 is 0 Å². The van der Waals surface area contributed by atoms with Gasteiger partial charge in [0.15, 0.2) is 0 Å². The van der Waals surface area contributed by atoms with Gasteiger partial charge in [-0.2, -0.15) is 0 Å². The highest BCUT2D eigenvalue weighted by Gasteiger charge is 2.27. The molecule has 1 aliphatic rings. The molecule has 0 spiro atoms. The van der Waals surface area contributed by atoms with E-state index in [0.717, 1.165) is 19.7 Å². The average Bonchev–Trinajstić information content (AvgIpc) is 2.04. The minimum absolute atomic E-state index is 0.301. The molecule has 0 aromatic heterocycles. The molecule has 0 aliphatic carbocycles. The molecule has 0 aromatic carbocycles. The summed E-state index contributed by atoms with van der Waals surface area (Å²) in [5.74, 6) is 0. The summed E-state index contributed by atoms with van der Waals surface area (Å²) >= 11 is 0. The molecule has 0 aromatic rings. The topological polar surface area (TPSA) is 12.5 Å². The molecule has 2 heteroatoms. The first-order valence-electron chi connectivity index (χ1n) is 5.40. The maximum absolute atomic E-state index is 5.70. The van der Waals surface area contributed by atoms with Gasteiger partial charge in [0, 0.05) is 18.6 Å². The van der Waals surface area contributed by atoms with Gasteiger partial charge < -0.3 is 4.74 Å². The van der Waals surface area contributed by atoms with Gasteiger partial charge in [-0.05, 0) is 27.2 Å². The van der Waals surface area contributed by atoms with Crippen LogP contribution in [0.15, 0.2) is 0 Å². The zero-order valence-electron chi connectivity index (χ0n) is 9.47. The van der Waals surface area contributed by atoms with Crippen LogP contribution in [-0.4, -0.2) is 36.2 Å². The van der Waals surface area contributed by atoms with E-state index in [1.807, 2.05) is 0 Å². The number of hydrogen-bond donors (Lipinski definition) is 0. The first-order chi connectivity index (χ1) is 6.04. The van der Waals surface area contributed by atoms with Crippen molar-refractivity contribution in [1.82, 2.24) is 4.90 Å². The van der Waals surface area contributed by atoms with Crippen molar-refractivity contribution in [2.24, 2.45) is 0 Å². The highest BCUT2D eigenvalue weighted by atomic mass is 16.5. The van der Waals surface area contributed by atoms with E-state index in [1.165, 1.54) is 12.8 Å². The summed E-state index contributed by atoms with van der Waals surface area (Å²) in [5, 5.41) is 0. The summed E-state index contributed by atoms with van der Waals surface area (Å²) in [7, 11) is 0. The molecule has 0 unspecified atom stereocenters. The smallest absolute Gasteiger partial charge is 0.0702 e. The Labute approximate surface area is 82.3 Å². The van der Waals surface area contributed by atoms with Crippen molar-refractivity contribution in [3.63, 3.8) is 0 Å². The van der Waals surface area contributed by atoms with E-state index in [2.05, 4.69) is 32.6 Å². The first kappa shape index (κ1) is 11.0. The van der Waals surface area contributed by atoms with E-state index in [-0.39, 0.29) is 0 Å². The minimum Gasteiger partial charge on any atom is -0.376 e. The average molecular weight is 185 g/mol. The minimum atomic E-state index is 0.301. The largest absolute Gasteiger partial charge is 0.376 e. The van der Waals surface area contributed by atoms with Crippen molar-refractivity contribution in [3.8, 4) is 0 Å². The summed E-state index contributed by atoms with van der Waals surface area (Å²) in [6.07, 6.45) is 2.90. The normalized spacial score (nSPS) is 26.3. The standard InChI is InChI=1S/C11H23NO/c1-5-6-10-9-12(7-8-13-10)11(2,3)4/h10H,5-9H2,1-4H3/t10-/m0/s1. The van der Waals surface area contributed by atoms with Gasteiger partial charge in [-0.25, -0.2) is 0 Å². The molecule has 2 nitrogen and oxygen atoms in total. The molecule has 78 valence electrons. The van der Waals surface area contributed by atoms with Crippen LogP contribution in [0.4, 0.5) is 0 Å². The van der Waals surface area contributed by atoms with Crippen molar-refractivity contribution in [2.45, 2.75) is 52.2 Å². The van der Waals surface area contributed by atoms with Gasteiger partial charge in [0.25, 0.3) is 0 Å². The fraction of sp³-hybridized carbons (Fsp3) is 1.00. The summed E-state index contributed by atoms with van der Waals surface area (Å²) in [5.41, 5.74) is 0.301. The van der Waals surface area contributed by atoms with E-state index in [1.54, 1.807) is 0 Å². The molecule has 1 rings (SSSR count). The van der Waals surface area contributed by atoms with Gasteiger partial charge in [0.2, 0.25) is 0 Å². The zero-order chi connectivity index (χ0) is 9.90. The molecule has 1 fully saturated rings. The second kappa shape index (κ2) is 4.43. The Kier molecular flexibility index (Phi) is 3.74. The van der Waals surface area contributed by atoms with Crippen molar-refractivity contribution in [2.75, 3.05) is 19.7 Å². The van der Waals surface area contributed by atoms with Crippen LogP contribution in [0.5, 0.6) is 0 Å². The van der Waals surface area contributed by atoms with Gasteiger partial charge in [-0.3, -0.25) is 4.90 Å². The molecule has 1 saturated heterocycles. The van der Waals surface area contributed by atoms with Crippen LogP contribution in [0, 0.1) is 0 Å². The molecule has 1 atom stereocenters. The summed E-state index contributed by atoms with van der Waals surface area (Å²) in [6, 6.07) is 0. The number of ether oxygens (including phenoxy) is 1. The van der Waals surface area contributed by atoms with Crippen LogP contribution in [-0.2, 0) is 4.74 Å². The highest BCUT2D eigenvalue weighted by Crippen LogP contribution is 2.19. The molecule has 1 aliphatic heterocycles. The lowest BCUT2D eigenvalue weighted by molar-refractivity contribution is -0.0608. The number of nitrogens with zero attached hydrogens (tertiary/aromatic N) is 1. The van der Waals surface area contributed by atoms with E-state index >= 15 is 0 Å². The van der Waals surface area contributed by atoms with E-state index in [9.17, 15) is 0 Å². The summed E-state index contributed by atoms with van der Waals surface area (Å²) < 4.78 is 5.70. The predicted octanol–water partition coefficient (Wildman–Crippen LogP) is 2.29. The zero-order valence-corrected chi connectivity index (χ0v) is 9.47. The van der Waals surface area contributed by atoms with Crippen molar-refractivity contribution in [1.29, 1.82) is 0 Å². The molecular weight excluding hydrogens is 162 g/mol. The van der Waals surface area contributed by atoms with Crippen LogP contribution in [0.2, 0.25) is 0 Å². The van der Waals surface area contributed by atoms with Crippen LogP contribution >= 0.6 is 0 Å². The summed E-state index contributed by atoms with van der Waals surface area (Å²) in [4.78, 5) is 2.52. The maximum atomic E-state index is 5.70. The van der Waals surface area contributed by atoms with Gasteiger partial charge in [0.1, 0.15) is 0 Å². The van der Waals surface area contributed by atoms with Crippen LogP contribution in [0.1, 0.15) is 40.5 Å². The lowest BCUT2D eigenvalue weighted by atomic mass is 10.0. The van der Waals surface area contributed by atoms with E-state index in [0.29, 0.717) is 11.6 Å². The Morgan fingerprint density at radius 3 is 2.62 bits per heavy atom. The summed E-state index contributed by atoms with van der Waals surface area (Å²) in [6.45, 7) is 12.2. The predicted molar refractivity (Wildman–Crippen MR) is 56.0 cm³/mol. The molecule has 1 heterocycles. The van der Waals surface area contributed by atoms with Crippen molar-refractivity contribution >= 4 is 0 Å². The highest BCUT2D eigenvalue weighted by molar-refractivity contribution is 4.81. The molecule has 0 bridgehead atoms. The van der Waals surface area contributed by atoms with Gasteiger partial charge in [-0.15, -0.1) is 0 Å². The van der Waals surface area contributed by atoms with Crippen LogP contribution in [0.25, 0.3) is 0 Å². The fourth-order valence-corrected chi connectivity index (χ4v) is 1.83. The second-order valence-corrected chi connectivity index (χ2v) is 4.90. The third-order valence-electron chi connectivity index (χ3n) is 2.70.